The summed E-state index contributed by atoms with van der Waals surface area (Å²) in [7, 11) is -6.92. The number of fused-ring (bicyclic) bond motifs is 2. The van der Waals surface area contributed by atoms with Crippen molar-refractivity contribution in [1.82, 2.24) is 9.97 Å². The maximum absolute atomic E-state index is 12.3. The number of halogens is 6. The minimum Gasteiger partial charge on any atom is -0.383 e. The maximum atomic E-state index is 12.3. The second-order valence-corrected chi connectivity index (χ2v) is 15.4. The van der Waals surface area contributed by atoms with Gasteiger partial charge < -0.3 is 20.2 Å². The van der Waals surface area contributed by atoms with Crippen molar-refractivity contribution in [3.05, 3.63) is 79.1 Å². The van der Waals surface area contributed by atoms with Gasteiger partial charge in [0.15, 0.2) is 9.84 Å². The molecule has 49 heavy (non-hydrogen) atoms. The highest BCUT2D eigenvalue weighted by atomic mass is 32.2. The zero-order chi connectivity index (χ0) is 37.5. The van der Waals surface area contributed by atoms with Gasteiger partial charge in [-0.25, -0.2) is 8.42 Å². The highest BCUT2D eigenvalue weighted by molar-refractivity contribution is 7.91. The summed E-state index contributed by atoms with van der Waals surface area (Å²) in [6.45, 7) is 5.36. The Kier molecular flexibility index (Phi) is 11.0. The van der Waals surface area contributed by atoms with Gasteiger partial charge in [-0.15, -0.1) is 0 Å². The SMILES string of the molecule is Cc1cc2[nH]c(C(C)(O)CS(=O)(=O)CC(F)(F)F)cc2cc1[N+](=O)[O-].Cc1cc2[nH]c(C(C)(O)CS(=O)CC(F)(F)F)cc2cc1[N+](=O)[O-]. The van der Waals surface area contributed by atoms with Crippen LogP contribution in [-0.2, 0) is 31.8 Å². The molecule has 0 fully saturated rings. The van der Waals surface area contributed by atoms with Crippen molar-refractivity contribution >= 4 is 53.8 Å². The van der Waals surface area contributed by atoms with Crippen molar-refractivity contribution in [1.29, 1.82) is 0 Å². The molecule has 2 aromatic carbocycles. The van der Waals surface area contributed by atoms with Gasteiger partial charge in [0.1, 0.15) is 22.7 Å². The topological polar surface area (TPSA) is 210 Å². The van der Waals surface area contributed by atoms with Crippen molar-refractivity contribution in [2.24, 2.45) is 0 Å². The molecule has 0 aliphatic rings. The van der Waals surface area contributed by atoms with E-state index in [-0.39, 0.29) is 22.8 Å². The van der Waals surface area contributed by atoms with E-state index in [9.17, 15) is 69.4 Å². The normalized spacial score (nSPS) is 15.7. The number of nitrogens with one attached hydrogen (secondary N) is 2. The van der Waals surface area contributed by atoms with Crippen molar-refractivity contribution in [3.63, 3.8) is 0 Å². The predicted molar refractivity (Wildman–Crippen MR) is 167 cm³/mol. The number of H-pyrrole nitrogens is 2. The summed E-state index contributed by atoms with van der Waals surface area (Å²) >= 11 is 0. The molecule has 3 unspecified atom stereocenters. The van der Waals surface area contributed by atoms with Gasteiger partial charge in [-0.2, -0.15) is 26.3 Å². The fraction of sp³-hybridized carbons (Fsp3) is 0.429. The number of nitro groups is 2. The average molecular weight is 745 g/mol. The Balaban J connectivity index is 0.000000266. The summed E-state index contributed by atoms with van der Waals surface area (Å²) in [4.78, 5) is 26.3. The Labute approximate surface area is 276 Å². The molecule has 0 spiro atoms. The van der Waals surface area contributed by atoms with Crippen LogP contribution in [0.15, 0.2) is 36.4 Å². The molecule has 0 bridgehead atoms. The van der Waals surface area contributed by atoms with Crippen LogP contribution in [0.2, 0.25) is 0 Å². The molecule has 0 amide bonds. The monoisotopic (exact) mass is 744 g/mol. The molecule has 4 aromatic rings. The van der Waals surface area contributed by atoms with E-state index in [0.29, 0.717) is 32.9 Å². The summed E-state index contributed by atoms with van der Waals surface area (Å²) in [5.74, 6) is -5.30. The minimum atomic E-state index is -4.91. The zero-order valence-electron chi connectivity index (χ0n) is 26.0. The third-order valence-electron chi connectivity index (χ3n) is 7.08. The van der Waals surface area contributed by atoms with Crippen molar-refractivity contribution < 1.29 is 59.0 Å². The fourth-order valence-electron chi connectivity index (χ4n) is 4.96. The van der Waals surface area contributed by atoms with E-state index in [1.165, 1.54) is 50.2 Å². The van der Waals surface area contributed by atoms with E-state index in [4.69, 9.17) is 0 Å². The molecule has 4 N–H and O–H groups in total. The van der Waals surface area contributed by atoms with Gasteiger partial charge in [0.25, 0.3) is 11.4 Å². The number of aromatic nitrogens is 2. The number of benzene rings is 2. The fourth-order valence-corrected chi connectivity index (χ4v) is 7.82. The Hall–Kier alpha value is -4.08. The largest absolute Gasteiger partial charge is 0.402 e. The van der Waals surface area contributed by atoms with Crippen molar-refractivity contribution in [2.75, 3.05) is 23.0 Å². The van der Waals surface area contributed by atoms with E-state index in [1.54, 1.807) is 6.92 Å². The number of aromatic amines is 2. The smallest absolute Gasteiger partial charge is 0.383 e. The second-order valence-electron chi connectivity index (χ2n) is 11.9. The van der Waals surface area contributed by atoms with Gasteiger partial charge in [0.05, 0.1) is 21.4 Å². The number of nitrogens with zero attached hydrogens (tertiary/aromatic N) is 2. The van der Waals surface area contributed by atoms with E-state index < -0.39 is 77.0 Å². The van der Waals surface area contributed by atoms with Gasteiger partial charge >= 0.3 is 12.4 Å². The van der Waals surface area contributed by atoms with Crippen LogP contribution in [0.3, 0.4) is 0 Å². The molecule has 2 aromatic heterocycles. The first kappa shape index (κ1) is 39.4. The molecule has 0 aliphatic heterocycles. The van der Waals surface area contributed by atoms with Gasteiger partial charge in [-0.05, 0) is 52.0 Å². The quantitative estimate of drug-likeness (QED) is 0.0920. The second kappa shape index (κ2) is 13.7. The van der Waals surface area contributed by atoms with Gasteiger partial charge in [0.2, 0.25) is 0 Å². The number of sulfone groups is 1. The number of hydrogen-bond donors (Lipinski definition) is 4. The van der Waals surface area contributed by atoms with Gasteiger partial charge in [-0.1, -0.05) is 0 Å². The number of alkyl halides is 6. The summed E-state index contributed by atoms with van der Waals surface area (Å²) in [6.07, 6.45) is -9.49. The molecule has 0 saturated carbocycles. The number of rotatable bonds is 10. The highest BCUT2D eigenvalue weighted by Gasteiger charge is 2.40. The third kappa shape index (κ3) is 10.5. The summed E-state index contributed by atoms with van der Waals surface area (Å²) < 4.78 is 109. The molecule has 21 heteroatoms. The molecule has 2 heterocycles. The van der Waals surface area contributed by atoms with Crippen molar-refractivity contribution in [2.45, 2.75) is 51.2 Å². The van der Waals surface area contributed by atoms with Crippen LogP contribution in [0.4, 0.5) is 37.7 Å². The van der Waals surface area contributed by atoms with Crippen LogP contribution < -0.4 is 0 Å². The molecule has 4 rings (SSSR count). The lowest BCUT2D eigenvalue weighted by Gasteiger charge is -2.22. The van der Waals surface area contributed by atoms with E-state index in [0.717, 1.165) is 6.92 Å². The zero-order valence-corrected chi connectivity index (χ0v) is 27.7. The summed E-state index contributed by atoms with van der Waals surface area (Å²) in [5.41, 5.74) is -2.45. The van der Waals surface area contributed by atoms with Crippen molar-refractivity contribution in [3.8, 4) is 0 Å². The lowest BCUT2D eigenvalue weighted by Crippen LogP contribution is -2.36. The van der Waals surface area contributed by atoms with Crippen LogP contribution in [-0.4, -0.2) is 78.0 Å². The van der Waals surface area contributed by atoms with E-state index in [1.807, 2.05) is 0 Å². The van der Waals surface area contributed by atoms with Crippen LogP contribution in [0.25, 0.3) is 21.8 Å². The number of aryl methyl sites for hydroxylation is 2. The minimum absolute atomic E-state index is 0.0480. The Bertz CT molecular complexity index is 2040. The van der Waals surface area contributed by atoms with E-state index in [2.05, 4.69) is 9.97 Å². The Morgan fingerprint density at radius 1 is 0.714 bits per heavy atom. The maximum Gasteiger partial charge on any atom is 0.402 e. The Morgan fingerprint density at radius 2 is 1.12 bits per heavy atom. The molecule has 0 saturated heterocycles. The first-order valence-electron chi connectivity index (χ1n) is 13.8. The van der Waals surface area contributed by atoms with Gasteiger partial charge in [-0.3, -0.25) is 24.4 Å². The standard InChI is InChI=1S/C14H15F3N2O5S.C14H15F3N2O4S/c1-8-3-10-9(4-11(8)19(21)22)5-12(18-10)13(2,20)6-25(23,24)7-14(15,16)17;1-8-3-10-9(4-11(8)19(21)22)5-12(18-10)13(2,20)6-24(23)7-14(15,16)17/h3-5,18,20H,6-7H2,1-2H3;3-5,18,20H,6-7H2,1-2H3. The molecule has 0 aliphatic carbocycles. The summed E-state index contributed by atoms with van der Waals surface area (Å²) in [6, 6.07) is 8.20. The van der Waals surface area contributed by atoms with E-state index >= 15 is 0 Å². The van der Waals surface area contributed by atoms with Crippen LogP contribution in [0.1, 0.15) is 36.4 Å². The molecule has 270 valence electrons. The molecule has 3 atom stereocenters. The molecular formula is C28H30F6N4O9S2. The highest BCUT2D eigenvalue weighted by Crippen LogP contribution is 2.32. The van der Waals surface area contributed by atoms with Crippen LogP contribution in [0.5, 0.6) is 0 Å². The third-order valence-corrected chi connectivity index (χ3v) is 10.4. The average Bonchev–Trinajstić information content (AvgIpc) is 3.48. The predicted octanol–water partition coefficient (Wildman–Crippen LogP) is 5.47. The number of nitro benzene ring substituents is 2. The lowest BCUT2D eigenvalue weighted by atomic mass is 10.1. The van der Waals surface area contributed by atoms with Gasteiger partial charge in [0, 0.05) is 67.3 Å². The Morgan fingerprint density at radius 3 is 1.49 bits per heavy atom. The summed E-state index contributed by atoms with van der Waals surface area (Å²) in [5, 5.41) is 43.4. The first-order valence-corrected chi connectivity index (χ1v) is 17.1. The first-order chi connectivity index (χ1) is 22.1. The number of hydrogen-bond acceptors (Lipinski definition) is 9. The number of aliphatic hydroxyl groups is 2. The molecular weight excluding hydrogens is 714 g/mol. The van der Waals surface area contributed by atoms with Crippen LogP contribution >= 0.6 is 0 Å². The molecule has 0 radical (unpaired) electrons. The molecule has 13 nitrogen and oxygen atoms in total. The lowest BCUT2D eigenvalue weighted by molar-refractivity contribution is -0.385. The van der Waals surface area contributed by atoms with Crippen LogP contribution in [0, 0.1) is 34.1 Å².